The van der Waals surface area contributed by atoms with Gasteiger partial charge in [-0.15, -0.1) is 0 Å². The number of para-hydroxylation sites is 1. The summed E-state index contributed by atoms with van der Waals surface area (Å²) in [4.78, 5) is 12.4. The minimum Gasteiger partial charge on any atom is -0.350 e. The summed E-state index contributed by atoms with van der Waals surface area (Å²) in [5.41, 5.74) is -0.0831. The van der Waals surface area contributed by atoms with Crippen LogP contribution in [-0.4, -0.2) is 26.4 Å². The molecule has 0 saturated carbocycles. The minimum atomic E-state index is -4.02. The molecule has 0 saturated heterocycles. The number of carbonyl (C=O) groups excluding carboxylic acids is 1. The minimum absolute atomic E-state index is 0.0784. The molecule has 1 N–H and O–H groups in total. The maximum Gasteiger partial charge on any atom is 0.264 e. The lowest BCUT2D eigenvalue weighted by molar-refractivity contribution is -0.121. The summed E-state index contributed by atoms with van der Waals surface area (Å²) in [6, 6.07) is 12.9. The second-order valence-corrected chi connectivity index (χ2v) is 8.45. The predicted octanol–water partition coefficient (Wildman–Crippen LogP) is 3.33. The number of halogens is 1. The second kappa shape index (κ2) is 7.86. The number of nitrogens with zero attached hydrogens (tertiary/aromatic N) is 1. The molecule has 0 spiro atoms. The van der Waals surface area contributed by atoms with Crippen molar-refractivity contribution in [2.75, 3.05) is 10.8 Å². The Labute approximate surface area is 153 Å². The van der Waals surface area contributed by atoms with Crippen LogP contribution in [0.25, 0.3) is 0 Å². The highest BCUT2D eigenvalue weighted by Gasteiger charge is 2.28. The molecule has 0 aliphatic heterocycles. The fraction of sp³-hybridized carbons (Fsp3) is 0.316. The van der Waals surface area contributed by atoms with E-state index in [9.17, 15) is 17.6 Å². The number of nitrogens with one attached hydrogen (secondary N) is 1. The molecule has 0 heterocycles. The van der Waals surface area contributed by atoms with E-state index in [2.05, 4.69) is 5.32 Å². The molecule has 0 radical (unpaired) electrons. The molecule has 0 bridgehead atoms. The van der Waals surface area contributed by atoms with Crippen molar-refractivity contribution in [2.24, 2.45) is 0 Å². The van der Waals surface area contributed by atoms with Crippen LogP contribution in [-0.2, 0) is 14.8 Å². The number of hydrogen-bond donors (Lipinski definition) is 1. The number of rotatable bonds is 7. The zero-order valence-corrected chi connectivity index (χ0v) is 15.9. The van der Waals surface area contributed by atoms with E-state index < -0.39 is 27.3 Å². The molecule has 1 amide bonds. The van der Waals surface area contributed by atoms with E-state index in [1.807, 2.05) is 20.8 Å². The molecule has 2 aromatic carbocycles. The summed E-state index contributed by atoms with van der Waals surface area (Å²) in [7, 11) is -4.02. The molecular weight excluding hydrogens is 355 g/mol. The van der Waals surface area contributed by atoms with Crippen LogP contribution in [0.15, 0.2) is 59.5 Å². The fourth-order valence-corrected chi connectivity index (χ4v) is 3.70. The molecule has 140 valence electrons. The van der Waals surface area contributed by atoms with Crippen LogP contribution in [0.5, 0.6) is 0 Å². The van der Waals surface area contributed by atoms with Gasteiger partial charge in [-0.1, -0.05) is 25.1 Å². The van der Waals surface area contributed by atoms with Gasteiger partial charge in [0.2, 0.25) is 5.91 Å². The van der Waals surface area contributed by atoms with Crippen molar-refractivity contribution in [2.45, 2.75) is 37.6 Å². The molecule has 0 unspecified atom stereocenters. The summed E-state index contributed by atoms with van der Waals surface area (Å²) >= 11 is 0. The first-order chi connectivity index (χ1) is 12.2. The van der Waals surface area contributed by atoms with Crippen molar-refractivity contribution in [3.63, 3.8) is 0 Å². The van der Waals surface area contributed by atoms with Gasteiger partial charge in [-0.2, -0.15) is 0 Å². The van der Waals surface area contributed by atoms with Crippen LogP contribution in [0.4, 0.5) is 10.1 Å². The van der Waals surface area contributed by atoms with Gasteiger partial charge in [0, 0.05) is 5.54 Å². The molecular formula is C19H23FN2O3S. The Kier molecular flexibility index (Phi) is 6.02. The van der Waals surface area contributed by atoms with Gasteiger partial charge >= 0.3 is 0 Å². The number of hydrogen-bond acceptors (Lipinski definition) is 3. The molecule has 0 aliphatic rings. The van der Waals surface area contributed by atoms with Crippen molar-refractivity contribution in [1.29, 1.82) is 0 Å². The molecule has 26 heavy (non-hydrogen) atoms. The zero-order chi connectivity index (χ0) is 19.4. The number of carbonyl (C=O) groups is 1. The van der Waals surface area contributed by atoms with E-state index in [-0.39, 0.29) is 11.4 Å². The molecule has 2 rings (SSSR count). The Morgan fingerprint density at radius 2 is 1.65 bits per heavy atom. The Morgan fingerprint density at radius 1 is 1.08 bits per heavy atom. The Bertz CT molecular complexity index is 850. The molecule has 2 aromatic rings. The summed E-state index contributed by atoms with van der Waals surface area (Å²) in [6.45, 7) is 5.30. The van der Waals surface area contributed by atoms with Gasteiger partial charge in [0.1, 0.15) is 12.4 Å². The third kappa shape index (κ3) is 4.82. The van der Waals surface area contributed by atoms with E-state index in [1.54, 1.807) is 30.3 Å². The highest BCUT2D eigenvalue weighted by Crippen LogP contribution is 2.23. The Balaban J connectivity index is 2.39. The van der Waals surface area contributed by atoms with Crippen LogP contribution >= 0.6 is 0 Å². The molecule has 0 aliphatic carbocycles. The SMILES string of the molecule is CCC(C)(C)NC(=O)CN(c1ccccc1)S(=O)(=O)c1ccc(F)cc1. The first kappa shape index (κ1) is 19.9. The quantitative estimate of drug-likeness (QED) is 0.804. The molecule has 0 aromatic heterocycles. The number of amides is 1. The van der Waals surface area contributed by atoms with Gasteiger partial charge in [0.25, 0.3) is 10.0 Å². The summed E-state index contributed by atoms with van der Waals surface area (Å²) in [5.74, 6) is -0.941. The van der Waals surface area contributed by atoms with Crippen molar-refractivity contribution >= 4 is 21.6 Å². The van der Waals surface area contributed by atoms with Crippen molar-refractivity contribution in [1.82, 2.24) is 5.32 Å². The van der Waals surface area contributed by atoms with Gasteiger partial charge in [0.15, 0.2) is 0 Å². The molecule has 5 nitrogen and oxygen atoms in total. The summed E-state index contributed by atoms with van der Waals surface area (Å²) in [6.07, 6.45) is 0.703. The zero-order valence-electron chi connectivity index (χ0n) is 15.1. The number of sulfonamides is 1. The molecule has 0 fully saturated rings. The maximum atomic E-state index is 13.2. The second-order valence-electron chi connectivity index (χ2n) is 6.59. The monoisotopic (exact) mass is 378 g/mol. The van der Waals surface area contributed by atoms with E-state index in [4.69, 9.17) is 0 Å². The van der Waals surface area contributed by atoms with E-state index >= 15 is 0 Å². The van der Waals surface area contributed by atoms with Gasteiger partial charge in [-0.05, 0) is 56.7 Å². The summed E-state index contributed by atoms with van der Waals surface area (Å²) in [5, 5.41) is 2.83. The fourth-order valence-electron chi connectivity index (χ4n) is 2.28. The molecule has 0 atom stereocenters. The summed E-state index contributed by atoms with van der Waals surface area (Å²) < 4.78 is 40.3. The molecule has 7 heteroatoms. The van der Waals surface area contributed by atoms with Crippen LogP contribution in [0.2, 0.25) is 0 Å². The van der Waals surface area contributed by atoms with E-state index in [0.29, 0.717) is 12.1 Å². The Hall–Kier alpha value is -2.41. The lowest BCUT2D eigenvalue weighted by Gasteiger charge is -2.28. The first-order valence-electron chi connectivity index (χ1n) is 8.30. The highest BCUT2D eigenvalue weighted by molar-refractivity contribution is 7.92. The van der Waals surface area contributed by atoms with Crippen LogP contribution in [0.1, 0.15) is 27.2 Å². The van der Waals surface area contributed by atoms with Crippen molar-refractivity contribution in [3.05, 3.63) is 60.4 Å². The lowest BCUT2D eigenvalue weighted by atomic mass is 10.0. The normalized spacial score (nSPS) is 11.8. The highest BCUT2D eigenvalue weighted by atomic mass is 32.2. The third-order valence-electron chi connectivity index (χ3n) is 4.09. The standard InChI is InChI=1S/C19H23FN2O3S/c1-4-19(2,3)21-18(23)14-22(16-8-6-5-7-9-16)26(24,25)17-12-10-15(20)11-13-17/h5-13H,4,14H2,1-3H3,(H,21,23). The van der Waals surface area contributed by atoms with E-state index in [0.717, 1.165) is 16.4 Å². The van der Waals surface area contributed by atoms with Crippen LogP contribution in [0, 0.1) is 5.82 Å². The van der Waals surface area contributed by atoms with Crippen molar-refractivity contribution < 1.29 is 17.6 Å². The van der Waals surface area contributed by atoms with Crippen LogP contribution < -0.4 is 9.62 Å². The number of benzene rings is 2. The average Bonchev–Trinajstić information content (AvgIpc) is 2.60. The first-order valence-corrected chi connectivity index (χ1v) is 9.74. The van der Waals surface area contributed by atoms with Crippen molar-refractivity contribution in [3.8, 4) is 0 Å². The lowest BCUT2D eigenvalue weighted by Crippen LogP contribution is -2.48. The maximum absolute atomic E-state index is 13.2. The smallest absolute Gasteiger partial charge is 0.264 e. The van der Waals surface area contributed by atoms with Gasteiger partial charge in [-0.25, -0.2) is 12.8 Å². The van der Waals surface area contributed by atoms with Gasteiger partial charge in [0.05, 0.1) is 10.6 Å². The average molecular weight is 378 g/mol. The van der Waals surface area contributed by atoms with Crippen LogP contribution in [0.3, 0.4) is 0 Å². The Morgan fingerprint density at radius 3 is 2.19 bits per heavy atom. The number of anilines is 1. The van der Waals surface area contributed by atoms with Gasteiger partial charge < -0.3 is 5.32 Å². The predicted molar refractivity (Wildman–Crippen MR) is 99.9 cm³/mol. The topological polar surface area (TPSA) is 66.5 Å². The van der Waals surface area contributed by atoms with E-state index in [1.165, 1.54) is 12.1 Å². The largest absolute Gasteiger partial charge is 0.350 e. The van der Waals surface area contributed by atoms with Gasteiger partial charge in [-0.3, -0.25) is 9.10 Å². The third-order valence-corrected chi connectivity index (χ3v) is 5.88.